The number of esters is 1. The lowest BCUT2D eigenvalue weighted by atomic mass is 10.2. The molecule has 4 nitrogen and oxygen atoms in total. The molecule has 0 saturated heterocycles. The minimum atomic E-state index is -0.452. The predicted molar refractivity (Wildman–Crippen MR) is 52.6 cm³/mol. The van der Waals surface area contributed by atoms with E-state index in [1.807, 2.05) is 6.07 Å². The van der Waals surface area contributed by atoms with Crippen LogP contribution in [0, 0.1) is 6.92 Å². The van der Waals surface area contributed by atoms with Gasteiger partial charge in [-0.2, -0.15) is 0 Å². The molecule has 0 radical (unpaired) electrons. The Morgan fingerprint density at radius 1 is 1.33 bits per heavy atom. The maximum absolute atomic E-state index is 11.5. The first-order chi connectivity index (χ1) is 7.25. The summed E-state index contributed by atoms with van der Waals surface area (Å²) in [5, 5.41) is 0. The zero-order valence-corrected chi connectivity index (χ0v) is 8.14. The van der Waals surface area contributed by atoms with E-state index in [1.165, 1.54) is 6.20 Å². The molecule has 2 rings (SSSR count). The molecule has 0 saturated carbocycles. The van der Waals surface area contributed by atoms with Crippen LogP contribution in [-0.2, 0) is 0 Å². The molecule has 0 fully saturated rings. The number of rotatable bonds is 2. The van der Waals surface area contributed by atoms with Crippen LogP contribution >= 0.6 is 0 Å². The van der Waals surface area contributed by atoms with E-state index in [9.17, 15) is 4.79 Å². The third-order valence-electron chi connectivity index (χ3n) is 1.80. The van der Waals surface area contributed by atoms with Crippen LogP contribution in [-0.4, -0.2) is 11.0 Å². The van der Waals surface area contributed by atoms with E-state index >= 15 is 0 Å². The topological polar surface area (TPSA) is 52.3 Å². The van der Waals surface area contributed by atoms with Gasteiger partial charge in [0.25, 0.3) is 0 Å². The smallest absolute Gasteiger partial charge is 0.345 e. The van der Waals surface area contributed by atoms with Gasteiger partial charge in [-0.05, 0) is 12.1 Å². The Bertz CT molecular complexity index is 462. The van der Waals surface area contributed by atoms with Crippen LogP contribution in [0.5, 0.6) is 5.95 Å². The second-order valence-electron chi connectivity index (χ2n) is 2.95. The molecule has 0 bridgehead atoms. The first-order valence-corrected chi connectivity index (χ1v) is 4.45. The molecule has 4 heteroatoms. The highest BCUT2D eigenvalue weighted by molar-refractivity contribution is 5.90. The van der Waals surface area contributed by atoms with Crippen molar-refractivity contribution in [2.75, 3.05) is 0 Å². The second-order valence-corrected chi connectivity index (χ2v) is 2.95. The molecule has 76 valence electrons. The lowest BCUT2D eigenvalue weighted by Gasteiger charge is -1.98. The Kier molecular flexibility index (Phi) is 2.49. The van der Waals surface area contributed by atoms with Gasteiger partial charge >= 0.3 is 11.9 Å². The van der Waals surface area contributed by atoms with Crippen molar-refractivity contribution >= 4 is 5.97 Å². The Morgan fingerprint density at radius 3 is 2.67 bits per heavy atom. The molecule has 1 aromatic carbocycles. The van der Waals surface area contributed by atoms with Gasteiger partial charge in [-0.3, -0.25) is 0 Å². The fraction of sp³-hybridized carbons (Fsp3) is 0.0909. The first kappa shape index (κ1) is 9.45. The molecule has 0 aliphatic rings. The fourth-order valence-electron chi connectivity index (χ4n) is 1.11. The first-order valence-electron chi connectivity index (χ1n) is 4.45. The largest absolute Gasteiger partial charge is 0.410 e. The summed E-state index contributed by atoms with van der Waals surface area (Å²) < 4.78 is 9.97. The van der Waals surface area contributed by atoms with Crippen LogP contribution in [0.25, 0.3) is 0 Å². The summed E-state index contributed by atoms with van der Waals surface area (Å²) in [4.78, 5) is 15.3. The number of hydrogen-bond acceptors (Lipinski definition) is 4. The van der Waals surface area contributed by atoms with Crippen molar-refractivity contribution in [3.63, 3.8) is 0 Å². The zero-order chi connectivity index (χ0) is 10.7. The lowest BCUT2D eigenvalue weighted by molar-refractivity contribution is 0.0692. The van der Waals surface area contributed by atoms with Gasteiger partial charge in [0.2, 0.25) is 0 Å². The molecule has 0 aliphatic carbocycles. The van der Waals surface area contributed by atoms with Crippen LogP contribution in [0.2, 0.25) is 0 Å². The van der Waals surface area contributed by atoms with Crippen LogP contribution in [0.3, 0.4) is 0 Å². The molecule has 1 heterocycles. The Balaban J connectivity index is 2.11. The lowest BCUT2D eigenvalue weighted by Crippen LogP contribution is -2.07. The van der Waals surface area contributed by atoms with Crippen molar-refractivity contribution in [1.29, 1.82) is 0 Å². The molecule has 1 aromatic heterocycles. The highest BCUT2D eigenvalue weighted by Gasteiger charge is 2.10. The second kappa shape index (κ2) is 3.96. The molecule has 15 heavy (non-hydrogen) atoms. The molecule has 0 unspecified atom stereocenters. The van der Waals surface area contributed by atoms with Gasteiger partial charge in [-0.1, -0.05) is 18.2 Å². The van der Waals surface area contributed by atoms with Gasteiger partial charge in [-0.25, -0.2) is 9.78 Å². The third-order valence-corrected chi connectivity index (χ3v) is 1.80. The van der Waals surface area contributed by atoms with Crippen LogP contribution in [0.4, 0.5) is 0 Å². The van der Waals surface area contributed by atoms with Crippen molar-refractivity contribution in [3.05, 3.63) is 48.0 Å². The molecule has 0 spiro atoms. The number of carbonyl (C=O) groups is 1. The summed E-state index contributed by atoms with van der Waals surface area (Å²) >= 11 is 0. The Labute approximate surface area is 86.5 Å². The van der Waals surface area contributed by atoms with E-state index in [-0.39, 0.29) is 5.95 Å². The quantitative estimate of drug-likeness (QED) is 0.702. The summed E-state index contributed by atoms with van der Waals surface area (Å²) in [5.74, 6) is 0.124. The molecular formula is C11H9NO3. The van der Waals surface area contributed by atoms with Crippen molar-refractivity contribution in [1.82, 2.24) is 4.98 Å². The summed E-state index contributed by atoms with van der Waals surface area (Å²) in [6, 6.07) is 8.71. The summed E-state index contributed by atoms with van der Waals surface area (Å²) in [5.41, 5.74) is 0.478. The van der Waals surface area contributed by atoms with Crippen molar-refractivity contribution in [3.8, 4) is 5.95 Å². The average Bonchev–Trinajstić information content (AvgIpc) is 2.65. The number of ether oxygens (including phenoxy) is 1. The third kappa shape index (κ3) is 2.22. The van der Waals surface area contributed by atoms with E-state index in [0.717, 1.165) is 0 Å². The normalized spacial score (nSPS) is 9.93. The number of carbonyl (C=O) groups excluding carboxylic acids is 1. The van der Waals surface area contributed by atoms with Crippen molar-refractivity contribution < 1.29 is 13.9 Å². The Hall–Kier alpha value is -2.10. The number of oxazole rings is 1. The number of aryl methyl sites for hydroxylation is 1. The van der Waals surface area contributed by atoms with E-state index in [4.69, 9.17) is 9.15 Å². The van der Waals surface area contributed by atoms with Gasteiger partial charge < -0.3 is 9.15 Å². The summed E-state index contributed by atoms with van der Waals surface area (Å²) in [6.07, 6.45) is 1.37. The molecule has 0 atom stereocenters. The summed E-state index contributed by atoms with van der Waals surface area (Å²) in [6.45, 7) is 1.68. The highest BCUT2D eigenvalue weighted by atomic mass is 16.6. The highest BCUT2D eigenvalue weighted by Crippen LogP contribution is 2.13. The zero-order valence-electron chi connectivity index (χ0n) is 8.14. The number of aromatic nitrogens is 1. The Morgan fingerprint density at radius 2 is 2.07 bits per heavy atom. The molecular weight excluding hydrogens is 194 g/mol. The molecule has 0 N–H and O–H groups in total. The van der Waals surface area contributed by atoms with Crippen LogP contribution in [0.15, 0.2) is 40.9 Å². The summed E-state index contributed by atoms with van der Waals surface area (Å²) in [7, 11) is 0. The fourth-order valence-corrected chi connectivity index (χ4v) is 1.11. The minimum absolute atomic E-state index is 0.112. The maximum Gasteiger partial charge on any atom is 0.345 e. The van der Waals surface area contributed by atoms with Gasteiger partial charge in [0, 0.05) is 6.92 Å². The van der Waals surface area contributed by atoms with E-state index in [0.29, 0.717) is 11.5 Å². The maximum atomic E-state index is 11.5. The van der Waals surface area contributed by atoms with E-state index in [1.54, 1.807) is 31.2 Å². The van der Waals surface area contributed by atoms with Crippen molar-refractivity contribution in [2.24, 2.45) is 0 Å². The molecule has 0 amide bonds. The van der Waals surface area contributed by atoms with E-state index < -0.39 is 5.97 Å². The average molecular weight is 203 g/mol. The van der Waals surface area contributed by atoms with Gasteiger partial charge in [-0.15, -0.1) is 0 Å². The van der Waals surface area contributed by atoms with Gasteiger partial charge in [0.15, 0.2) is 5.89 Å². The predicted octanol–water partition coefficient (Wildman–Crippen LogP) is 2.20. The van der Waals surface area contributed by atoms with Crippen LogP contribution in [0.1, 0.15) is 16.2 Å². The molecule has 0 aliphatic heterocycles. The van der Waals surface area contributed by atoms with Crippen LogP contribution < -0.4 is 4.74 Å². The van der Waals surface area contributed by atoms with Gasteiger partial charge in [0.05, 0.1) is 5.56 Å². The van der Waals surface area contributed by atoms with Gasteiger partial charge in [0.1, 0.15) is 6.20 Å². The number of nitrogens with zero attached hydrogens (tertiary/aromatic N) is 1. The van der Waals surface area contributed by atoms with Crippen molar-refractivity contribution in [2.45, 2.75) is 6.92 Å². The SMILES string of the molecule is Cc1ncc(OC(=O)c2ccccc2)o1. The monoisotopic (exact) mass is 203 g/mol. The molecule has 2 aromatic rings. The standard InChI is InChI=1S/C11H9NO3/c1-8-12-7-10(14-8)15-11(13)9-5-3-2-4-6-9/h2-7H,1H3. The number of benzene rings is 1. The number of hydrogen-bond donors (Lipinski definition) is 0. The van der Waals surface area contributed by atoms with E-state index in [2.05, 4.69) is 4.98 Å². The minimum Gasteiger partial charge on any atom is -0.410 e.